The lowest BCUT2D eigenvalue weighted by atomic mass is 9.44. The van der Waals surface area contributed by atoms with E-state index in [1.54, 1.807) is 6.92 Å². The van der Waals surface area contributed by atoms with Gasteiger partial charge >= 0.3 is 11.9 Å². The average Bonchev–Trinajstić information content (AvgIpc) is 2.99. The summed E-state index contributed by atoms with van der Waals surface area (Å²) in [6.45, 7) is 9.49. The van der Waals surface area contributed by atoms with Crippen molar-refractivity contribution in [1.82, 2.24) is 0 Å². The van der Waals surface area contributed by atoms with Crippen LogP contribution in [0.5, 0.6) is 0 Å². The zero-order chi connectivity index (χ0) is 21.8. The fourth-order valence-electron chi connectivity index (χ4n) is 8.58. The van der Waals surface area contributed by atoms with Gasteiger partial charge in [0.2, 0.25) is 0 Å². The molecule has 168 valence electrons. The first-order valence-corrected chi connectivity index (χ1v) is 11.9. The molecule has 0 aromatic carbocycles. The fraction of sp³-hybridized carbons (Fsp3) is 0.880. The van der Waals surface area contributed by atoms with Crippen LogP contribution in [0, 0.1) is 40.4 Å². The van der Waals surface area contributed by atoms with Gasteiger partial charge in [-0.2, -0.15) is 0 Å². The summed E-state index contributed by atoms with van der Waals surface area (Å²) in [5.74, 6) is 1.94. The number of carbonyl (C=O) groups is 3. The quantitative estimate of drug-likeness (QED) is 0.621. The molecule has 5 heteroatoms. The van der Waals surface area contributed by atoms with Crippen molar-refractivity contribution in [3.05, 3.63) is 0 Å². The summed E-state index contributed by atoms with van der Waals surface area (Å²) in [6.07, 6.45) is 7.78. The molecule has 0 saturated heterocycles. The van der Waals surface area contributed by atoms with Gasteiger partial charge in [0.1, 0.15) is 18.0 Å². The molecule has 5 nitrogen and oxygen atoms in total. The van der Waals surface area contributed by atoms with E-state index in [-0.39, 0.29) is 46.8 Å². The third-order valence-corrected chi connectivity index (χ3v) is 9.75. The molecule has 4 aliphatic rings. The zero-order valence-electron chi connectivity index (χ0n) is 19.2. The number of hydrogen-bond acceptors (Lipinski definition) is 5. The third kappa shape index (κ3) is 3.40. The average molecular weight is 419 g/mol. The number of rotatable bonds is 3. The van der Waals surface area contributed by atoms with Gasteiger partial charge in [-0.25, -0.2) is 0 Å². The van der Waals surface area contributed by atoms with Crippen LogP contribution < -0.4 is 0 Å². The van der Waals surface area contributed by atoms with E-state index in [4.69, 9.17) is 9.47 Å². The molecule has 30 heavy (non-hydrogen) atoms. The maximum absolute atomic E-state index is 12.4. The van der Waals surface area contributed by atoms with Crippen molar-refractivity contribution in [2.75, 3.05) is 0 Å². The van der Waals surface area contributed by atoms with Crippen molar-refractivity contribution in [3.8, 4) is 0 Å². The van der Waals surface area contributed by atoms with E-state index >= 15 is 0 Å². The Kier molecular flexibility index (Phi) is 5.55. The van der Waals surface area contributed by atoms with Gasteiger partial charge in [-0.15, -0.1) is 0 Å². The minimum absolute atomic E-state index is 0.0717. The van der Waals surface area contributed by atoms with Crippen LogP contribution in [0.2, 0.25) is 0 Å². The molecule has 4 fully saturated rings. The summed E-state index contributed by atoms with van der Waals surface area (Å²) in [7, 11) is 0. The van der Waals surface area contributed by atoms with Gasteiger partial charge in [0, 0.05) is 25.7 Å². The standard InChI is InChI=1S/C25H38O5/c1-14(26)19-6-7-20-18-13-23(30-16(3)28)22-12-17(29-15(2)27)8-10-25(22,5)21(18)9-11-24(19,20)4/h17-23H,6-13H2,1-5H3/t17-,18-,19+,20-,21-,22+,23-,24+,25+/m0/s1. The lowest BCUT2D eigenvalue weighted by Gasteiger charge is -2.62. The summed E-state index contributed by atoms with van der Waals surface area (Å²) in [5, 5.41) is 0. The number of carbonyl (C=O) groups excluding carboxylic acids is 3. The Hall–Kier alpha value is -1.39. The first kappa shape index (κ1) is 21.8. The highest BCUT2D eigenvalue weighted by Gasteiger charge is 2.63. The lowest BCUT2D eigenvalue weighted by molar-refractivity contribution is -0.196. The first-order chi connectivity index (χ1) is 14.1. The molecule has 0 bridgehead atoms. The summed E-state index contributed by atoms with van der Waals surface area (Å²) in [5.41, 5.74) is 0.182. The molecule has 0 aliphatic heterocycles. The minimum atomic E-state index is -0.226. The Morgan fingerprint density at radius 1 is 0.733 bits per heavy atom. The van der Waals surface area contributed by atoms with Crippen LogP contribution in [0.4, 0.5) is 0 Å². The maximum Gasteiger partial charge on any atom is 0.302 e. The molecular formula is C25H38O5. The number of Topliss-reactive ketones (excluding diaryl/α,β-unsaturated/α-hetero) is 1. The van der Waals surface area contributed by atoms with E-state index < -0.39 is 0 Å². The van der Waals surface area contributed by atoms with Crippen LogP contribution in [-0.4, -0.2) is 29.9 Å². The van der Waals surface area contributed by atoms with Gasteiger partial charge in [-0.1, -0.05) is 13.8 Å². The molecular weight excluding hydrogens is 380 g/mol. The molecule has 0 heterocycles. The molecule has 0 spiro atoms. The zero-order valence-corrected chi connectivity index (χ0v) is 19.2. The van der Waals surface area contributed by atoms with Gasteiger partial charge in [0.05, 0.1) is 0 Å². The largest absolute Gasteiger partial charge is 0.463 e. The Morgan fingerprint density at radius 3 is 2.00 bits per heavy atom. The number of ketones is 1. The van der Waals surface area contributed by atoms with Crippen molar-refractivity contribution in [1.29, 1.82) is 0 Å². The fourth-order valence-corrected chi connectivity index (χ4v) is 8.58. The Morgan fingerprint density at radius 2 is 1.37 bits per heavy atom. The number of esters is 2. The maximum atomic E-state index is 12.4. The summed E-state index contributed by atoms with van der Waals surface area (Å²) >= 11 is 0. The number of hydrogen-bond donors (Lipinski definition) is 0. The van der Waals surface area contributed by atoms with E-state index in [0.29, 0.717) is 23.5 Å². The topological polar surface area (TPSA) is 69.7 Å². The Bertz CT molecular complexity index is 731. The van der Waals surface area contributed by atoms with E-state index in [9.17, 15) is 14.4 Å². The van der Waals surface area contributed by atoms with E-state index in [2.05, 4.69) is 13.8 Å². The van der Waals surface area contributed by atoms with Crippen molar-refractivity contribution >= 4 is 17.7 Å². The van der Waals surface area contributed by atoms with E-state index in [0.717, 1.165) is 51.4 Å². The molecule has 0 unspecified atom stereocenters. The Balaban J connectivity index is 1.64. The SMILES string of the molecule is CC(=O)O[C@H]1CC[C@@]2(C)[C@H](C1)[C@@H](OC(C)=O)C[C@@H]1[C@@H]2CC[C@]2(C)[C@@H](C(C)=O)CC[C@@H]12. The predicted molar refractivity (Wildman–Crippen MR) is 112 cm³/mol. The molecule has 4 rings (SSSR count). The van der Waals surface area contributed by atoms with Gasteiger partial charge in [-0.3, -0.25) is 14.4 Å². The van der Waals surface area contributed by atoms with Crippen LogP contribution in [0.25, 0.3) is 0 Å². The highest BCUT2D eigenvalue weighted by atomic mass is 16.5. The lowest BCUT2D eigenvalue weighted by Crippen LogP contribution is -2.59. The molecule has 4 saturated carbocycles. The second kappa shape index (κ2) is 7.63. The molecule has 0 amide bonds. The van der Waals surface area contributed by atoms with E-state index in [1.165, 1.54) is 13.8 Å². The van der Waals surface area contributed by atoms with Crippen LogP contribution in [0.1, 0.15) is 86.0 Å². The highest BCUT2D eigenvalue weighted by Crippen LogP contribution is 2.67. The van der Waals surface area contributed by atoms with Crippen molar-refractivity contribution in [2.24, 2.45) is 40.4 Å². The summed E-state index contributed by atoms with van der Waals surface area (Å²) in [4.78, 5) is 35.9. The number of fused-ring (bicyclic) bond motifs is 5. The van der Waals surface area contributed by atoms with Crippen LogP contribution in [0.3, 0.4) is 0 Å². The van der Waals surface area contributed by atoms with Gasteiger partial charge in [0.15, 0.2) is 0 Å². The molecule has 4 aliphatic carbocycles. The highest BCUT2D eigenvalue weighted by molar-refractivity contribution is 5.79. The monoisotopic (exact) mass is 418 g/mol. The van der Waals surface area contributed by atoms with Gasteiger partial charge < -0.3 is 9.47 Å². The van der Waals surface area contributed by atoms with Crippen LogP contribution in [-0.2, 0) is 23.9 Å². The molecule has 0 N–H and O–H groups in total. The van der Waals surface area contributed by atoms with Crippen molar-refractivity contribution in [2.45, 2.75) is 98.2 Å². The third-order valence-electron chi connectivity index (χ3n) is 9.75. The van der Waals surface area contributed by atoms with E-state index in [1.807, 2.05) is 0 Å². The van der Waals surface area contributed by atoms with Crippen molar-refractivity contribution < 1.29 is 23.9 Å². The molecule has 9 atom stereocenters. The van der Waals surface area contributed by atoms with Crippen LogP contribution in [0.15, 0.2) is 0 Å². The van der Waals surface area contributed by atoms with Crippen molar-refractivity contribution in [3.63, 3.8) is 0 Å². The first-order valence-electron chi connectivity index (χ1n) is 11.9. The minimum Gasteiger partial charge on any atom is -0.463 e. The smallest absolute Gasteiger partial charge is 0.302 e. The summed E-state index contributed by atoms with van der Waals surface area (Å²) < 4.78 is 11.5. The second-order valence-electron chi connectivity index (χ2n) is 11.2. The second-order valence-corrected chi connectivity index (χ2v) is 11.2. The molecule has 0 aromatic heterocycles. The summed E-state index contributed by atoms with van der Waals surface area (Å²) in [6, 6.07) is 0. The molecule has 0 aromatic rings. The predicted octanol–water partition coefficient (Wildman–Crippen LogP) is 4.71. The normalized spacial score (nSPS) is 47.4. The Labute approximate surface area is 180 Å². The molecule has 0 radical (unpaired) electrons. The van der Waals surface area contributed by atoms with Gasteiger partial charge in [-0.05, 0) is 86.9 Å². The van der Waals surface area contributed by atoms with Crippen LogP contribution >= 0.6 is 0 Å². The number of ether oxygens (including phenoxy) is 2. The van der Waals surface area contributed by atoms with Gasteiger partial charge in [0.25, 0.3) is 0 Å².